The van der Waals surface area contributed by atoms with Crippen LogP contribution < -0.4 is 10.7 Å². The van der Waals surface area contributed by atoms with Crippen LogP contribution in [0.4, 0.5) is 5.69 Å². The Morgan fingerprint density at radius 3 is 2.57 bits per heavy atom. The van der Waals surface area contributed by atoms with Crippen molar-refractivity contribution in [3.63, 3.8) is 0 Å². The van der Waals surface area contributed by atoms with Crippen LogP contribution in [0.15, 0.2) is 53.6 Å². The Balaban J connectivity index is 1.69. The Labute approximate surface area is 142 Å². The number of hydrogen-bond acceptors (Lipinski definition) is 2. The second-order valence-electron chi connectivity index (χ2n) is 5.85. The number of aryl methyl sites for hydroxylation is 2. The van der Waals surface area contributed by atoms with Gasteiger partial charge in [0.05, 0.1) is 5.71 Å². The fraction of sp³-hybridized carbons (Fsp3) is 0.263. The molecule has 0 unspecified atom stereocenters. The molecular formula is C19H21N3S. The monoisotopic (exact) mass is 323 g/mol. The van der Waals surface area contributed by atoms with Gasteiger partial charge < -0.3 is 5.32 Å². The van der Waals surface area contributed by atoms with Crippen LogP contribution in [-0.2, 0) is 6.42 Å². The molecule has 3 rings (SSSR count). The second kappa shape index (κ2) is 7.38. The summed E-state index contributed by atoms with van der Waals surface area (Å²) < 4.78 is 0. The molecule has 0 fully saturated rings. The molecule has 1 aliphatic rings. The first-order valence-corrected chi connectivity index (χ1v) is 8.42. The molecule has 0 saturated carbocycles. The summed E-state index contributed by atoms with van der Waals surface area (Å²) in [5.74, 6) is 0. The summed E-state index contributed by atoms with van der Waals surface area (Å²) in [5, 5.41) is 8.24. The molecule has 0 atom stereocenters. The van der Waals surface area contributed by atoms with E-state index in [-0.39, 0.29) is 0 Å². The van der Waals surface area contributed by atoms with Crippen molar-refractivity contribution in [3.8, 4) is 0 Å². The summed E-state index contributed by atoms with van der Waals surface area (Å²) in [6, 6.07) is 16.6. The number of rotatable bonds is 2. The van der Waals surface area contributed by atoms with Gasteiger partial charge in [0.2, 0.25) is 0 Å². The highest BCUT2D eigenvalue weighted by atomic mass is 32.1. The van der Waals surface area contributed by atoms with Crippen LogP contribution >= 0.6 is 12.2 Å². The van der Waals surface area contributed by atoms with E-state index in [1.807, 2.05) is 12.1 Å². The topological polar surface area (TPSA) is 36.4 Å². The van der Waals surface area contributed by atoms with E-state index < -0.39 is 0 Å². The maximum atomic E-state index is 5.34. The number of fused-ring (bicyclic) bond motifs is 1. The molecule has 3 nitrogen and oxygen atoms in total. The zero-order chi connectivity index (χ0) is 16.1. The zero-order valence-corrected chi connectivity index (χ0v) is 14.1. The molecule has 2 N–H and O–H groups in total. The van der Waals surface area contributed by atoms with Crippen molar-refractivity contribution < 1.29 is 0 Å². The van der Waals surface area contributed by atoms with Gasteiger partial charge in [0.1, 0.15) is 0 Å². The number of hydrazone groups is 1. The molecule has 0 radical (unpaired) electrons. The fourth-order valence-corrected chi connectivity index (χ4v) is 2.96. The van der Waals surface area contributed by atoms with Gasteiger partial charge in [-0.3, -0.25) is 5.43 Å². The number of nitrogens with zero attached hydrogens (tertiary/aromatic N) is 1. The summed E-state index contributed by atoms with van der Waals surface area (Å²) >= 11 is 5.34. The lowest BCUT2D eigenvalue weighted by molar-refractivity contribution is 0.774. The highest BCUT2D eigenvalue weighted by molar-refractivity contribution is 7.80. The Morgan fingerprint density at radius 1 is 1.00 bits per heavy atom. The minimum Gasteiger partial charge on any atom is -0.331 e. The first kappa shape index (κ1) is 15.7. The molecule has 0 heterocycles. The first-order valence-electron chi connectivity index (χ1n) is 8.01. The van der Waals surface area contributed by atoms with Gasteiger partial charge >= 0.3 is 0 Å². The maximum absolute atomic E-state index is 5.34. The third-order valence-corrected chi connectivity index (χ3v) is 4.23. The lowest BCUT2D eigenvalue weighted by Crippen LogP contribution is -2.25. The Hall–Kier alpha value is -2.20. The molecule has 2 aromatic carbocycles. The minimum absolute atomic E-state index is 0.517. The van der Waals surface area contributed by atoms with E-state index in [4.69, 9.17) is 12.2 Å². The van der Waals surface area contributed by atoms with Crippen LogP contribution in [0.5, 0.6) is 0 Å². The average Bonchev–Trinajstić information content (AvgIpc) is 2.77. The maximum Gasteiger partial charge on any atom is 0.191 e. The van der Waals surface area contributed by atoms with Gasteiger partial charge in [0.25, 0.3) is 0 Å². The first-order chi connectivity index (χ1) is 11.2. The van der Waals surface area contributed by atoms with E-state index in [1.165, 1.54) is 23.1 Å². The van der Waals surface area contributed by atoms with Crippen LogP contribution in [0.25, 0.3) is 0 Å². The van der Waals surface area contributed by atoms with Crippen LogP contribution in [0.1, 0.15) is 36.0 Å². The number of thiocarbonyl (C=S) groups is 1. The molecule has 1 aliphatic carbocycles. The van der Waals surface area contributed by atoms with Crippen molar-refractivity contribution >= 4 is 28.7 Å². The predicted octanol–water partition coefficient (Wildman–Crippen LogP) is 4.41. The lowest BCUT2D eigenvalue weighted by atomic mass is 10.0. The number of hydrogen-bond donors (Lipinski definition) is 2. The molecule has 4 heteroatoms. The molecule has 0 saturated heterocycles. The molecule has 0 spiro atoms. The number of benzene rings is 2. The van der Waals surface area contributed by atoms with Gasteiger partial charge in [-0.15, -0.1) is 0 Å². The Kier molecular flexibility index (Phi) is 5.03. The van der Waals surface area contributed by atoms with E-state index in [0.29, 0.717) is 5.11 Å². The summed E-state index contributed by atoms with van der Waals surface area (Å²) in [6.07, 6.45) is 4.48. The molecule has 0 aromatic heterocycles. The van der Waals surface area contributed by atoms with Gasteiger partial charge in [0, 0.05) is 11.3 Å². The molecule has 0 bridgehead atoms. The summed E-state index contributed by atoms with van der Waals surface area (Å²) in [6.45, 7) is 2.07. The third-order valence-electron chi connectivity index (χ3n) is 4.04. The van der Waals surface area contributed by atoms with Gasteiger partial charge in [-0.25, -0.2) is 0 Å². The van der Waals surface area contributed by atoms with Crippen LogP contribution in [-0.4, -0.2) is 10.8 Å². The summed E-state index contributed by atoms with van der Waals surface area (Å²) in [5.41, 5.74) is 8.90. The van der Waals surface area contributed by atoms with Crippen molar-refractivity contribution in [1.29, 1.82) is 0 Å². The zero-order valence-electron chi connectivity index (χ0n) is 13.3. The largest absolute Gasteiger partial charge is 0.331 e. The Morgan fingerprint density at radius 2 is 1.74 bits per heavy atom. The highest BCUT2D eigenvalue weighted by Gasteiger charge is 2.13. The fourth-order valence-electron chi connectivity index (χ4n) is 2.79. The van der Waals surface area contributed by atoms with Crippen molar-refractivity contribution in [2.75, 3.05) is 5.32 Å². The van der Waals surface area contributed by atoms with Crippen molar-refractivity contribution in [3.05, 3.63) is 65.2 Å². The van der Waals surface area contributed by atoms with Gasteiger partial charge in [-0.2, -0.15) is 5.10 Å². The smallest absolute Gasteiger partial charge is 0.191 e. The summed E-state index contributed by atoms with van der Waals surface area (Å²) in [4.78, 5) is 0. The molecule has 2 aromatic rings. The van der Waals surface area contributed by atoms with Crippen LogP contribution in [0, 0.1) is 6.92 Å². The molecular weight excluding hydrogens is 302 g/mol. The van der Waals surface area contributed by atoms with Gasteiger partial charge in [0.15, 0.2) is 5.11 Å². The van der Waals surface area contributed by atoms with Gasteiger partial charge in [-0.05, 0) is 62.5 Å². The molecule has 23 heavy (non-hydrogen) atoms. The molecule has 0 aliphatic heterocycles. The Bertz CT molecular complexity index is 720. The average molecular weight is 323 g/mol. The SMILES string of the molecule is Cc1ccc(NC(=S)N/N=C2\CCCCc3ccccc32)cc1. The van der Waals surface area contributed by atoms with E-state index in [1.54, 1.807) is 0 Å². The van der Waals surface area contributed by atoms with Crippen molar-refractivity contribution in [2.45, 2.75) is 32.6 Å². The second-order valence-corrected chi connectivity index (χ2v) is 6.26. The highest BCUT2D eigenvalue weighted by Crippen LogP contribution is 2.20. The van der Waals surface area contributed by atoms with Crippen LogP contribution in [0.3, 0.4) is 0 Å². The normalized spacial score (nSPS) is 15.6. The van der Waals surface area contributed by atoms with E-state index >= 15 is 0 Å². The van der Waals surface area contributed by atoms with Crippen molar-refractivity contribution in [2.24, 2.45) is 5.10 Å². The third kappa shape index (κ3) is 4.17. The van der Waals surface area contributed by atoms with Gasteiger partial charge in [-0.1, -0.05) is 42.0 Å². The number of anilines is 1. The molecule has 118 valence electrons. The van der Waals surface area contributed by atoms with Crippen LogP contribution in [0.2, 0.25) is 0 Å². The van der Waals surface area contributed by atoms with Crippen molar-refractivity contribution in [1.82, 2.24) is 5.43 Å². The van der Waals surface area contributed by atoms with E-state index in [9.17, 15) is 0 Å². The molecule has 0 amide bonds. The van der Waals surface area contributed by atoms with E-state index in [0.717, 1.165) is 30.7 Å². The number of nitrogens with one attached hydrogen (secondary N) is 2. The quantitative estimate of drug-likeness (QED) is 0.488. The van der Waals surface area contributed by atoms with E-state index in [2.05, 4.69) is 59.2 Å². The lowest BCUT2D eigenvalue weighted by Gasteiger charge is -2.10. The summed E-state index contributed by atoms with van der Waals surface area (Å²) in [7, 11) is 0. The predicted molar refractivity (Wildman–Crippen MR) is 101 cm³/mol. The standard InChI is InChI=1S/C19H21N3S/c1-14-10-12-16(13-11-14)20-19(23)22-21-18-9-5-3-7-15-6-2-4-8-17(15)18/h2,4,6,8,10-13H,3,5,7,9H2,1H3,(H2,20,22,23)/b21-18+. The minimum atomic E-state index is 0.517.